The van der Waals surface area contributed by atoms with Crippen LogP contribution in [0.3, 0.4) is 0 Å². The summed E-state index contributed by atoms with van der Waals surface area (Å²) in [5.74, 6) is -0.611. The number of allylic oxidation sites excluding steroid dienone is 2. The Labute approximate surface area is 165 Å². The third-order valence-corrected chi connectivity index (χ3v) is 7.71. The van der Waals surface area contributed by atoms with Crippen LogP contribution in [0.15, 0.2) is 42.5 Å². The zero-order valence-corrected chi connectivity index (χ0v) is 16.6. The summed E-state index contributed by atoms with van der Waals surface area (Å²) in [5.41, 5.74) is 0.773. The number of carbonyl (C=O) groups excluding carboxylic acids is 2. The number of piperazine rings is 1. The van der Waals surface area contributed by atoms with Crippen LogP contribution in [0.1, 0.15) is 18.4 Å². The Morgan fingerprint density at radius 1 is 0.857 bits per heavy atom. The minimum Gasteiger partial charge on any atom is -0.283 e. The van der Waals surface area contributed by atoms with Gasteiger partial charge in [-0.15, -0.1) is 0 Å². The highest BCUT2D eigenvalue weighted by Gasteiger charge is 2.47. The topological polar surface area (TPSA) is 78.0 Å². The first-order chi connectivity index (χ1) is 13.5. The van der Waals surface area contributed by atoms with Crippen LogP contribution in [0, 0.1) is 11.8 Å². The van der Waals surface area contributed by atoms with Crippen LogP contribution in [0.5, 0.6) is 0 Å². The summed E-state index contributed by atoms with van der Waals surface area (Å²) in [6.07, 6.45) is 5.23. The Hall–Kier alpha value is -2.03. The number of amides is 2. The Balaban J connectivity index is 1.33. The molecule has 2 heterocycles. The van der Waals surface area contributed by atoms with E-state index >= 15 is 0 Å². The van der Waals surface area contributed by atoms with Crippen LogP contribution in [0.25, 0.3) is 0 Å². The molecule has 2 amide bonds. The zero-order valence-electron chi connectivity index (χ0n) is 15.7. The zero-order chi connectivity index (χ0) is 19.7. The largest absolute Gasteiger partial charge is 0.283 e. The van der Waals surface area contributed by atoms with Crippen molar-refractivity contribution >= 4 is 21.8 Å². The second-order valence-corrected chi connectivity index (χ2v) is 9.63. The summed E-state index contributed by atoms with van der Waals surface area (Å²) in [6.45, 7) is 2.04. The number of hydrogen-bond acceptors (Lipinski definition) is 5. The molecular formula is C20H25N3O4S. The van der Waals surface area contributed by atoms with Gasteiger partial charge in [-0.25, -0.2) is 8.42 Å². The molecule has 1 aromatic carbocycles. The van der Waals surface area contributed by atoms with E-state index in [4.69, 9.17) is 0 Å². The Morgan fingerprint density at radius 2 is 1.43 bits per heavy atom. The molecule has 8 heteroatoms. The van der Waals surface area contributed by atoms with E-state index in [1.807, 2.05) is 47.4 Å². The first-order valence-corrected chi connectivity index (χ1v) is 11.3. The molecule has 0 aromatic heterocycles. The van der Waals surface area contributed by atoms with Crippen molar-refractivity contribution in [3.05, 3.63) is 48.0 Å². The maximum atomic E-state index is 12.7. The molecular weight excluding hydrogens is 378 g/mol. The predicted molar refractivity (Wildman–Crippen MR) is 104 cm³/mol. The minimum absolute atomic E-state index is 0.00665. The number of rotatable bonds is 5. The summed E-state index contributed by atoms with van der Waals surface area (Å²) < 4.78 is 26.8. The first-order valence-electron chi connectivity index (χ1n) is 9.70. The third-order valence-electron chi connectivity index (χ3n) is 5.86. The van der Waals surface area contributed by atoms with Gasteiger partial charge in [0.2, 0.25) is 21.8 Å². The van der Waals surface area contributed by atoms with Crippen molar-refractivity contribution in [2.45, 2.75) is 18.6 Å². The van der Waals surface area contributed by atoms with Crippen LogP contribution in [0.4, 0.5) is 0 Å². The molecule has 1 aromatic rings. The molecule has 0 saturated carbocycles. The van der Waals surface area contributed by atoms with Crippen molar-refractivity contribution in [2.24, 2.45) is 11.8 Å². The van der Waals surface area contributed by atoms with E-state index in [-0.39, 0.29) is 36.1 Å². The molecule has 150 valence electrons. The molecule has 0 bridgehead atoms. The van der Waals surface area contributed by atoms with Gasteiger partial charge in [-0.3, -0.25) is 19.4 Å². The number of fused-ring (bicyclic) bond motifs is 1. The summed E-state index contributed by atoms with van der Waals surface area (Å²) >= 11 is 0. The van der Waals surface area contributed by atoms with Gasteiger partial charge >= 0.3 is 0 Å². The van der Waals surface area contributed by atoms with Crippen molar-refractivity contribution in [1.82, 2.24) is 14.1 Å². The number of nitrogens with zero attached hydrogens (tertiary/aromatic N) is 3. The van der Waals surface area contributed by atoms with Gasteiger partial charge in [0.15, 0.2) is 0 Å². The molecule has 2 aliphatic heterocycles. The molecule has 4 rings (SSSR count). The Bertz CT molecular complexity index is 850. The summed E-state index contributed by atoms with van der Waals surface area (Å²) in [5, 5.41) is 0. The molecule has 3 aliphatic rings. The summed E-state index contributed by atoms with van der Waals surface area (Å²) in [4.78, 5) is 28.5. The average molecular weight is 404 g/mol. The van der Waals surface area contributed by atoms with Crippen LogP contribution in [0.2, 0.25) is 0 Å². The molecule has 2 saturated heterocycles. The maximum Gasteiger partial charge on any atom is 0.234 e. The van der Waals surface area contributed by atoms with Gasteiger partial charge in [-0.05, 0) is 18.4 Å². The summed E-state index contributed by atoms with van der Waals surface area (Å²) in [6, 6.07) is 9.15. The van der Waals surface area contributed by atoms with Crippen molar-refractivity contribution in [3.8, 4) is 0 Å². The van der Waals surface area contributed by atoms with Crippen molar-refractivity contribution in [2.75, 3.05) is 32.8 Å². The van der Waals surface area contributed by atoms with Gasteiger partial charge in [0.1, 0.15) is 0 Å². The molecule has 1 aliphatic carbocycles. The Kier molecular flexibility index (Phi) is 5.35. The number of carbonyl (C=O) groups is 2. The van der Waals surface area contributed by atoms with E-state index in [9.17, 15) is 18.0 Å². The minimum atomic E-state index is -3.37. The van der Waals surface area contributed by atoms with Crippen LogP contribution in [-0.2, 0) is 25.4 Å². The predicted octanol–water partition coefficient (Wildman–Crippen LogP) is 1.04. The quantitative estimate of drug-likeness (QED) is 0.542. The Morgan fingerprint density at radius 3 is 2.00 bits per heavy atom. The molecule has 2 atom stereocenters. The highest BCUT2D eigenvalue weighted by molar-refractivity contribution is 7.88. The third kappa shape index (κ3) is 3.76. The van der Waals surface area contributed by atoms with E-state index in [1.54, 1.807) is 0 Å². The van der Waals surface area contributed by atoms with Crippen LogP contribution < -0.4 is 0 Å². The normalized spacial score (nSPS) is 26.6. The van der Waals surface area contributed by atoms with E-state index in [1.165, 1.54) is 9.21 Å². The van der Waals surface area contributed by atoms with Gasteiger partial charge in [0.25, 0.3) is 0 Å². The lowest BCUT2D eigenvalue weighted by Gasteiger charge is -2.35. The van der Waals surface area contributed by atoms with Crippen LogP contribution >= 0.6 is 0 Å². The molecule has 28 heavy (non-hydrogen) atoms. The molecule has 0 unspecified atom stereocenters. The number of likely N-dealkylation sites (tertiary alicyclic amines) is 1. The maximum absolute atomic E-state index is 12.7. The fourth-order valence-corrected chi connectivity index (χ4v) is 5.75. The molecule has 7 nitrogen and oxygen atoms in total. The van der Waals surface area contributed by atoms with Crippen molar-refractivity contribution in [1.29, 1.82) is 0 Å². The van der Waals surface area contributed by atoms with Gasteiger partial charge in [-0.2, -0.15) is 4.31 Å². The lowest BCUT2D eigenvalue weighted by Crippen LogP contribution is -2.52. The number of imide groups is 1. The lowest BCUT2D eigenvalue weighted by atomic mass is 9.85. The molecule has 0 spiro atoms. The van der Waals surface area contributed by atoms with Gasteiger partial charge in [0.05, 0.1) is 24.3 Å². The van der Waals surface area contributed by atoms with E-state index in [0.717, 1.165) is 5.56 Å². The standard InChI is InChI=1S/C20H25N3O4S/c24-19-17-8-4-5-9-18(17)20(25)23(19)15-21-10-12-22(13-11-21)28(26,27)14-16-6-2-1-3-7-16/h1-7,17-18H,8-15H2/t17-,18-/m0/s1. The second-order valence-electron chi connectivity index (χ2n) is 7.66. The fourth-order valence-electron chi connectivity index (χ4n) is 4.23. The summed E-state index contributed by atoms with van der Waals surface area (Å²) in [7, 11) is -3.37. The van der Waals surface area contributed by atoms with E-state index < -0.39 is 10.0 Å². The monoisotopic (exact) mass is 403 g/mol. The average Bonchev–Trinajstić information content (AvgIpc) is 2.94. The number of hydrogen-bond donors (Lipinski definition) is 0. The molecule has 0 radical (unpaired) electrons. The molecule has 2 fully saturated rings. The van der Waals surface area contributed by atoms with Crippen molar-refractivity contribution in [3.63, 3.8) is 0 Å². The van der Waals surface area contributed by atoms with Crippen molar-refractivity contribution < 1.29 is 18.0 Å². The molecule has 0 N–H and O–H groups in total. The second kappa shape index (κ2) is 7.77. The SMILES string of the molecule is O=C1[C@H]2CC=CC[C@@H]2C(=O)N1CN1CCN(S(=O)(=O)Cc2ccccc2)CC1. The highest BCUT2D eigenvalue weighted by Crippen LogP contribution is 2.35. The fraction of sp³-hybridized carbons (Fsp3) is 0.500. The number of sulfonamides is 1. The number of benzene rings is 1. The van der Waals surface area contributed by atoms with Gasteiger partial charge in [-0.1, -0.05) is 42.5 Å². The smallest absolute Gasteiger partial charge is 0.234 e. The highest BCUT2D eigenvalue weighted by atomic mass is 32.2. The van der Waals surface area contributed by atoms with Crippen LogP contribution in [-0.4, -0.2) is 67.2 Å². The van der Waals surface area contributed by atoms with E-state index in [0.29, 0.717) is 39.0 Å². The van der Waals surface area contributed by atoms with Gasteiger partial charge in [0, 0.05) is 26.2 Å². The lowest BCUT2D eigenvalue weighted by molar-refractivity contribution is -0.142. The first kappa shape index (κ1) is 19.3. The van der Waals surface area contributed by atoms with E-state index in [2.05, 4.69) is 0 Å². The van der Waals surface area contributed by atoms with Gasteiger partial charge < -0.3 is 0 Å².